The number of carboxylic acids is 1. The summed E-state index contributed by atoms with van der Waals surface area (Å²) in [6.07, 6.45) is -4.98. The van der Waals surface area contributed by atoms with Crippen LogP contribution in [0.1, 0.15) is 6.92 Å². The van der Waals surface area contributed by atoms with Gasteiger partial charge in [0.25, 0.3) is 0 Å². The minimum Gasteiger partial charge on any atom is -0.480 e. The van der Waals surface area contributed by atoms with Crippen molar-refractivity contribution in [2.45, 2.75) is 43.6 Å². The lowest BCUT2D eigenvalue weighted by Gasteiger charge is -2.31. The molecular formula is C15H20N6O8. The van der Waals surface area contributed by atoms with Crippen molar-refractivity contribution in [3.63, 3.8) is 0 Å². The second-order valence-corrected chi connectivity index (χ2v) is 6.40. The zero-order chi connectivity index (χ0) is 21.3. The summed E-state index contributed by atoms with van der Waals surface area (Å²) in [4.78, 5) is 39.7. The number of aliphatic hydroxyl groups is 4. The number of H-pyrrole nitrogens is 1. The molecule has 2 aromatic heterocycles. The van der Waals surface area contributed by atoms with Crippen molar-refractivity contribution in [2.75, 3.05) is 11.5 Å². The minimum absolute atomic E-state index is 0.101. The normalized spacial score (nSPS) is 26.2. The number of aliphatic hydroxyl groups excluding tert-OH is 4. The molecule has 1 fully saturated rings. The van der Waals surface area contributed by atoms with E-state index in [0.717, 1.165) is 11.2 Å². The van der Waals surface area contributed by atoms with Crippen LogP contribution >= 0.6 is 0 Å². The first kappa shape index (κ1) is 20.8. The van der Waals surface area contributed by atoms with Crippen molar-refractivity contribution in [3.05, 3.63) is 12.7 Å². The van der Waals surface area contributed by atoms with Gasteiger partial charge in [0, 0.05) is 0 Å². The molecule has 7 N–H and O–H groups in total. The van der Waals surface area contributed by atoms with E-state index in [1.807, 2.05) is 0 Å². The van der Waals surface area contributed by atoms with E-state index in [2.05, 4.69) is 25.3 Å². The number of imidazole rings is 1. The van der Waals surface area contributed by atoms with Crippen molar-refractivity contribution in [2.24, 2.45) is 0 Å². The predicted molar refractivity (Wildman–Crippen MR) is 93.6 cm³/mol. The molecule has 1 saturated heterocycles. The van der Waals surface area contributed by atoms with Gasteiger partial charge in [-0.15, -0.1) is 0 Å². The highest BCUT2D eigenvalue weighted by Crippen LogP contribution is 2.30. The maximum absolute atomic E-state index is 13.0. The molecule has 6 atom stereocenters. The molecule has 0 bridgehead atoms. The van der Waals surface area contributed by atoms with Gasteiger partial charge in [0.2, 0.25) is 0 Å². The number of aliphatic carboxylic acids is 1. The average molecular weight is 412 g/mol. The average Bonchev–Trinajstić information content (AvgIpc) is 3.26. The molecule has 0 saturated carbocycles. The van der Waals surface area contributed by atoms with Gasteiger partial charge in [-0.05, 0) is 6.92 Å². The molecule has 0 radical (unpaired) electrons. The molecule has 0 spiro atoms. The number of hydrogen-bond donors (Lipinski definition) is 7. The molecule has 158 valence electrons. The summed E-state index contributed by atoms with van der Waals surface area (Å²) in [5.74, 6) is -1.65. The van der Waals surface area contributed by atoms with E-state index in [0.29, 0.717) is 0 Å². The Labute approximate surface area is 162 Å². The SMILES string of the molecule is CC(O)[C@H](NC(=O)N(c1ncnc2[nH]cnc12)[C@@H]1O[C@H](CO)[C@@H](O)[C@H]1O)C(=O)O. The number of carbonyl (C=O) groups excluding carboxylic acids is 1. The Balaban J connectivity index is 2.04. The third-order valence-corrected chi connectivity index (χ3v) is 4.44. The highest BCUT2D eigenvalue weighted by Gasteiger charge is 2.48. The Morgan fingerprint density at radius 3 is 2.62 bits per heavy atom. The first-order chi connectivity index (χ1) is 13.8. The van der Waals surface area contributed by atoms with Crippen LogP contribution in [0.2, 0.25) is 0 Å². The molecule has 0 aliphatic carbocycles. The first-order valence-corrected chi connectivity index (χ1v) is 8.53. The number of carboxylic acid groups (broad SMARTS) is 1. The zero-order valence-electron chi connectivity index (χ0n) is 15.1. The smallest absolute Gasteiger partial charge is 0.328 e. The fourth-order valence-electron chi connectivity index (χ4n) is 2.95. The second kappa shape index (κ2) is 8.22. The number of ether oxygens (including phenoxy) is 1. The van der Waals surface area contributed by atoms with Crippen LogP contribution in [-0.2, 0) is 9.53 Å². The van der Waals surface area contributed by atoms with E-state index in [1.54, 1.807) is 0 Å². The lowest BCUT2D eigenvalue weighted by atomic mass is 10.1. The summed E-state index contributed by atoms with van der Waals surface area (Å²) in [6.45, 7) is 0.531. The van der Waals surface area contributed by atoms with Crippen LogP contribution in [0.3, 0.4) is 0 Å². The molecule has 0 aromatic carbocycles. The number of rotatable bonds is 6. The topological polar surface area (TPSA) is 214 Å². The number of anilines is 1. The molecule has 3 rings (SSSR count). The molecule has 1 aliphatic heterocycles. The molecule has 29 heavy (non-hydrogen) atoms. The van der Waals surface area contributed by atoms with E-state index in [9.17, 15) is 35.1 Å². The molecule has 1 unspecified atom stereocenters. The lowest BCUT2D eigenvalue weighted by Crippen LogP contribution is -2.57. The molecule has 14 nitrogen and oxygen atoms in total. The van der Waals surface area contributed by atoms with Crippen LogP contribution in [0.15, 0.2) is 12.7 Å². The van der Waals surface area contributed by atoms with Crippen molar-refractivity contribution in [1.82, 2.24) is 25.3 Å². The summed E-state index contributed by atoms with van der Waals surface area (Å²) in [6, 6.07) is -2.78. The maximum atomic E-state index is 13.0. The maximum Gasteiger partial charge on any atom is 0.328 e. The van der Waals surface area contributed by atoms with Crippen LogP contribution in [0, 0.1) is 0 Å². The fraction of sp³-hybridized carbons (Fsp3) is 0.533. The molecular weight excluding hydrogens is 392 g/mol. The highest BCUT2D eigenvalue weighted by molar-refractivity contribution is 5.99. The third kappa shape index (κ3) is 3.83. The van der Waals surface area contributed by atoms with E-state index in [-0.39, 0.29) is 17.0 Å². The molecule has 2 amide bonds. The van der Waals surface area contributed by atoms with Crippen LogP contribution < -0.4 is 10.2 Å². The van der Waals surface area contributed by atoms with Gasteiger partial charge in [-0.1, -0.05) is 0 Å². The Morgan fingerprint density at radius 1 is 1.31 bits per heavy atom. The standard InChI is InChI=1S/C15H20N6O8/c1-5(23)7(14(26)27)20-15(28)21(13-10(25)9(24)6(2-22)29-13)12-8-11(17-3-16-8)18-4-19-12/h3-7,9-10,13,22-25H,2H2,1H3,(H,20,28)(H,26,27)(H,16,17,18,19)/t5?,6-,7+,9-,10-,13-/m1/s1. The number of aromatic nitrogens is 4. The minimum atomic E-state index is -1.68. The van der Waals surface area contributed by atoms with Gasteiger partial charge >= 0.3 is 12.0 Å². The number of carbonyl (C=O) groups is 2. The zero-order valence-corrected chi connectivity index (χ0v) is 15.1. The van der Waals surface area contributed by atoms with Crippen LogP contribution in [-0.4, -0.2) is 101 Å². The quantitative estimate of drug-likeness (QED) is 0.256. The third-order valence-electron chi connectivity index (χ3n) is 4.44. The summed E-state index contributed by atoms with van der Waals surface area (Å²) < 4.78 is 5.41. The summed E-state index contributed by atoms with van der Waals surface area (Å²) in [5, 5.41) is 50.8. The van der Waals surface area contributed by atoms with E-state index >= 15 is 0 Å². The fourth-order valence-corrected chi connectivity index (χ4v) is 2.95. The Morgan fingerprint density at radius 2 is 2.03 bits per heavy atom. The Kier molecular flexibility index (Phi) is 5.90. The van der Waals surface area contributed by atoms with Gasteiger partial charge in [-0.25, -0.2) is 29.4 Å². The van der Waals surface area contributed by atoms with E-state index in [1.165, 1.54) is 13.3 Å². The van der Waals surface area contributed by atoms with Crippen LogP contribution in [0.5, 0.6) is 0 Å². The first-order valence-electron chi connectivity index (χ1n) is 8.53. The van der Waals surface area contributed by atoms with Crippen molar-refractivity contribution in [3.8, 4) is 0 Å². The van der Waals surface area contributed by atoms with Gasteiger partial charge in [-0.3, -0.25) is 0 Å². The van der Waals surface area contributed by atoms with Crippen LogP contribution in [0.25, 0.3) is 11.2 Å². The second-order valence-electron chi connectivity index (χ2n) is 6.40. The Hall–Kier alpha value is -2.91. The monoisotopic (exact) mass is 412 g/mol. The Bertz CT molecular complexity index is 891. The molecule has 14 heteroatoms. The molecule has 1 aliphatic rings. The number of amides is 2. The van der Waals surface area contributed by atoms with Gasteiger partial charge < -0.3 is 40.6 Å². The number of urea groups is 1. The number of hydrogen-bond acceptors (Lipinski definition) is 10. The van der Waals surface area contributed by atoms with Crippen molar-refractivity contribution < 1.29 is 39.9 Å². The highest BCUT2D eigenvalue weighted by atomic mass is 16.6. The number of fused-ring (bicyclic) bond motifs is 1. The number of aromatic amines is 1. The van der Waals surface area contributed by atoms with Gasteiger partial charge in [0.05, 0.1) is 19.0 Å². The summed E-state index contributed by atoms with van der Waals surface area (Å²) in [5.41, 5.74) is 0.342. The van der Waals surface area contributed by atoms with Crippen molar-refractivity contribution >= 4 is 29.0 Å². The van der Waals surface area contributed by atoms with Gasteiger partial charge in [0.15, 0.2) is 29.3 Å². The summed E-state index contributed by atoms with van der Waals surface area (Å²) >= 11 is 0. The lowest BCUT2D eigenvalue weighted by molar-refractivity contribution is -0.141. The van der Waals surface area contributed by atoms with Gasteiger partial charge in [-0.2, -0.15) is 0 Å². The largest absolute Gasteiger partial charge is 0.480 e. The summed E-state index contributed by atoms with van der Waals surface area (Å²) in [7, 11) is 0. The predicted octanol–water partition coefficient (Wildman–Crippen LogP) is -2.86. The molecule has 2 aromatic rings. The number of nitrogens with zero attached hydrogens (tertiary/aromatic N) is 4. The van der Waals surface area contributed by atoms with Crippen LogP contribution in [0.4, 0.5) is 10.6 Å². The van der Waals surface area contributed by atoms with Gasteiger partial charge in [0.1, 0.15) is 24.6 Å². The van der Waals surface area contributed by atoms with Crippen molar-refractivity contribution in [1.29, 1.82) is 0 Å². The van der Waals surface area contributed by atoms with E-state index in [4.69, 9.17) is 4.74 Å². The number of nitrogens with one attached hydrogen (secondary N) is 2. The van der Waals surface area contributed by atoms with E-state index < -0.39 is 55.3 Å². The molecule has 3 heterocycles.